The molecule has 1 saturated heterocycles. The van der Waals surface area contributed by atoms with Crippen LogP contribution in [0.2, 0.25) is 0 Å². The van der Waals surface area contributed by atoms with E-state index in [0.29, 0.717) is 16.9 Å². The smallest absolute Gasteiger partial charge is 0.257 e. The molecule has 1 heterocycles. The first kappa shape index (κ1) is 22.2. The molecule has 31 heavy (non-hydrogen) atoms. The first-order valence-corrected chi connectivity index (χ1v) is 10.1. The number of aryl methyl sites for hydroxylation is 1. The number of benzene rings is 2. The topological polar surface area (TPSA) is 86.8 Å². The van der Waals surface area contributed by atoms with Gasteiger partial charge in [0.2, 0.25) is 11.8 Å². The lowest BCUT2D eigenvalue weighted by atomic mass is 9.98. The van der Waals surface area contributed by atoms with E-state index in [1.165, 1.54) is 11.8 Å². The van der Waals surface area contributed by atoms with Crippen molar-refractivity contribution in [1.29, 1.82) is 0 Å². The van der Waals surface area contributed by atoms with Crippen molar-refractivity contribution in [2.24, 2.45) is 0 Å². The summed E-state index contributed by atoms with van der Waals surface area (Å²) in [5, 5.41) is 2.65. The number of amides is 4. The third-order valence-electron chi connectivity index (χ3n) is 5.20. The van der Waals surface area contributed by atoms with Gasteiger partial charge < -0.3 is 10.2 Å². The van der Waals surface area contributed by atoms with Gasteiger partial charge >= 0.3 is 0 Å². The number of carbonyl (C=O) groups excluding carboxylic acids is 4. The van der Waals surface area contributed by atoms with E-state index >= 15 is 0 Å². The Bertz CT molecular complexity index is 1040. The predicted molar refractivity (Wildman–Crippen MR) is 119 cm³/mol. The van der Waals surface area contributed by atoms with E-state index in [4.69, 9.17) is 0 Å². The van der Waals surface area contributed by atoms with Crippen molar-refractivity contribution in [2.45, 2.75) is 52.6 Å². The molecule has 0 saturated carbocycles. The SMILES string of the molecule is CC(=O)Nc1ccc(N2C(=O)CC(N(C(=O)c3ccccc3C)C(C)(C)C)C2=O)cc1. The highest BCUT2D eigenvalue weighted by molar-refractivity contribution is 6.23. The Balaban J connectivity index is 1.93. The molecule has 1 fully saturated rings. The molecule has 2 aromatic carbocycles. The lowest BCUT2D eigenvalue weighted by Crippen LogP contribution is -2.54. The first-order valence-electron chi connectivity index (χ1n) is 10.1. The molecular weight excluding hydrogens is 394 g/mol. The Morgan fingerprint density at radius 2 is 1.65 bits per heavy atom. The maximum Gasteiger partial charge on any atom is 0.257 e. The van der Waals surface area contributed by atoms with Gasteiger partial charge in [-0.15, -0.1) is 0 Å². The van der Waals surface area contributed by atoms with Gasteiger partial charge in [0, 0.05) is 23.7 Å². The average molecular weight is 421 g/mol. The van der Waals surface area contributed by atoms with Crippen LogP contribution in [0, 0.1) is 6.92 Å². The van der Waals surface area contributed by atoms with Crippen molar-refractivity contribution in [3.63, 3.8) is 0 Å². The second-order valence-corrected chi connectivity index (χ2v) is 8.68. The minimum atomic E-state index is -0.894. The van der Waals surface area contributed by atoms with Crippen LogP contribution in [0.4, 0.5) is 11.4 Å². The summed E-state index contributed by atoms with van der Waals surface area (Å²) in [6.45, 7) is 8.81. The molecule has 2 aromatic rings. The van der Waals surface area contributed by atoms with E-state index in [9.17, 15) is 19.2 Å². The molecule has 1 N–H and O–H groups in total. The third-order valence-corrected chi connectivity index (χ3v) is 5.20. The average Bonchev–Trinajstić information content (AvgIpc) is 2.95. The maximum atomic E-state index is 13.4. The summed E-state index contributed by atoms with van der Waals surface area (Å²) in [6, 6.07) is 12.8. The quantitative estimate of drug-likeness (QED) is 0.765. The van der Waals surface area contributed by atoms with Crippen LogP contribution in [-0.2, 0) is 14.4 Å². The summed E-state index contributed by atoms with van der Waals surface area (Å²) >= 11 is 0. The van der Waals surface area contributed by atoms with Crippen molar-refractivity contribution >= 4 is 35.0 Å². The van der Waals surface area contributed by atoms with Crippen LogP contribution in [-0.4, -0.2) is 40.1 Å². The van der Waals surface area contributed by atoms with Gasteiger partial charge in [0.15, 0.2) is 0 Å². The molecule has 0 spiro atoms. The molecule has 3 rings (SSSR count). The summed E-state index contributed by atoms with van der Waals surface area (Å²) in [5.74, 6) is -1.29. The monoisotopic (exact) mass is 421 g/mol. The van der Waals surface area contributed by atoms with Gasteiger partial charge in [-0.1, -0.05) is 18.2 Å². The predicted octanol–water partition coefficient (Wildman–Crippen LogP) is 3.53. The molecule has 162 valence electrons. The van der Waals surface area contributed by atoms with E-state index in [1.54, 1.807) is 36.4 Å². The molecule has 0 bridgehead atoms. The minimum Gasteiger partial charge on any atom is -0.326 e. The number of nitrogens with zero attached hydrogens (tertiary/aromatic N) is 2. The van der Waals surface area contributed by atoms with Crippen molar-refractivity contribution in [2.75, 3.05) is 10.2 Å². The van der Waals surface area contributed by atoms with Gasteiger partial charge in [0.1, 0.15) is 6.04 Å². The van der Waals surface area contributed by atoms with E-state index in [0.717, 1.165) is 10.5 Å². The highest BCUT2D eigenvalue weighted by Crippen LogP contribution is 2.31. The van der Waals surface area contributed by atoms with Crippen LogP contribution in [0.25, 0.3) is 0 Å². The molecule has 0 aliphatic carbocycles. The van der Waals surface area contributed by atoms with E-state index in [2.05, 4.69) is 5.32 Å². The van der Waals surface area contributed by atoms with Crippen LogP contribution >= 0.6 is 0 Å². The van der Waals surface area contributed by atoms with Gasteiger partial charge in [-0.2, -0.15) is 0 Å². The Hall–Kier alpha value is -3.48. The summed E-state index contributed by atoms with van der Waals surface area (Å²) in [5.41, 5.74) is 1.62. The van der Waals surface area contributed by atoms with E-state index < -0.39 is 17.5 Å². The molecule has 7 heteroatoms. The summed E-state index contributed by atoms with van der Waals surface area (Å²) in [4.78, 5) is 53.4. The fourth-order valence-corrected chi connectivity index (χ4v) is 3.84. The number of hydrogen-bond donors (Lipinski definition) is 1. The molecule has 1 aliphatic heterocycles. The maximum absolute atomic E-state index is 13.4. The Morgan fingerprint density at radius 1 is 1.03 bits per heavy atom. The summed E-state index contributed by atoms with van der Waals surface area (Å²) in [6.07, 6.45) is -0.0822. The van der Waals surface area contributed by atoms with Gasteiger partial charge in [-0.25, -0.2) is 4.90 Å². The van der Waals surface area contributed by atoms with Crippen molar-refractivity contribution < 1.29 is 19.2 Å². The minimum absolute atomic E-state index is 0.0822. The van der Waals surface area contributed by atoms with Crippen LogP contribution in [0.5, 0.6) is 0 Å². The zero-order chi connectivity index (χ0) is 22.9. The molecule has 1 aliphatic rings. The highest BCUT2D eigenvalue weighted by Gasteiger charge is 2.47. The molecule has 1 unspecified atom stereocenters. The Labute approximate surface area is 182 Å². The van der Waals surface area contributed by atoms with Gasteiger partial charge in [0.25, 0.3) is 11.8 Å². The fraction of sp³-hybridized carbons (Fsp3) is 0.333. The van der Waals surface area contributed by atoms with Crippen molar-refractivity contribution in [1.82, 2.24) is 4.90 Å². The highest BCUT2D eigenvalue weighted by atomic mass is 16.2. The first-order chi connectivity index (χ1) is 14.5. The van der Waals surface area contributed by atoms with Crippen LogP contribution in [0.15, 0.2) is 48.5 Å². The van der Waals surface area contributed by atoms with Crippen LogP contribution in [0.3, 0.4) is 0 Å². The van der Waals surface area contributed by atoms with Crippen molar-refractivity contribution in [3.8, 4) is 0 Å². The molecule has 0 radical (unpaired) electrons. The number of anilines is 2. The third kappa shape index (κ3) is 4.50. The molecule has 0 aromatic heterocycles. The largest absolute Gasteiger partial charge is 0.326 e. The fourth-order valence-electron chi connectivity index (χ4n) is 3.84. The zero-order valence-corrected chi connectivity index (χ0v) is 18.4. The van der Waals surface area contributed by atoms with Crippen LogP contribution in [0.1, 0.15) is 50.0 Å². The number of imide groups is 1. The van der Waals surface area contributed by atoms with E-state index in [1.807, 2.05) is 39.8 Å². The standard InChI is InChI=1S/C24H27N3O4/c1-15-8-6-7-9-19(15)22(30)27(24(3,4)5)20-14-21(29)26(23(20)31)18-12-10-17(11-13-18)25-16(2)28/h6-13,20H,14H2,1-5H3,(H,25,28). The lowest BCUT2D eigenvalue weighted by molar-refractivity contribution is -0.123. The number of carbonyl (C=O) groups is 4. The molecular formula is C24H27N3O4. The molecule has 4 amide bonds. The Morgan fingerprint density at radius 3 is 2.19 bits per heavy atom. The Kier molecular flexibility index (Phi) is 5.97. The molecule has 7 nitrogen and oxygen atoms in total. The number of nitrogens with one attached hydrogen (secondary N) is 1. The second kappa shape index (κ2) is 8.34. The lowest BCUT2D eigenvalue weighted by Gasteiger charge is -2.39. The zero-order valence-electron chi connectivity index (χ0n) is 18.4. The summed E-state index contributed by atoms with van der Waals surface area (Å²) in [7, 11) is 0. The number of rotatable bonds is 4. The summed E-state index contributed by atoms with van der Waals surface area (Å²) < 4.78 is 0. The van der Waals surface area contributed by atoms with Gasteiger partial charge in [0.05, 0.1) is 12.1 Å². The van der Waals surface area contributed by atoms with E-state index in [-0.39, 0.29) is 24.1 Å². The molecule has 1 atom stereocenters. The van der Waals surface area contributed by atoms with Gasteiger partial charge in [-0.3, -0.25) is 19.2 Å². The number of hydrogen-bond acceptors (Lipinski definition) is 4. The second-order valence-electron chi connectivity index (χ2n) is 8.68. The normalized spacial score (nSPS) is 16.4. The van der Waals surface area contributed by atoms with Crippen LogP contribution < -0.4 is 10.2 Å². The van der Waals surface area contributed by atoms with Crippen molar-refractivity contribution in [3.05, 3.63) is 59.7 Å². The van der Waals surface area contributed by atoms with Gasteiger partial charge in [-0.05, 0) is 63.6 Å².